The van der Waals surface area contributed by atoms with Gasteiger partial charge in [-0.2, -0.15) is 9.97 Å². The first kappa shape index (κ1) is 11.7. The molecule has 8 heteroatoms. The molecule has 1 heterocycles. The van der Waals surface area contributed by atoms with Crippen molar-refractivity contribution in [2.75, 3.05) is 5.73 Å². The number of nitrogens with one attached hydrogen (secondary N) is 1. The van der Waals surface area contributed by atoms with Crippen molar-refractivity contribution in [1.29, 1.82) is 5.41 Å². The van der Waals surface area contributed by atoms with Crippen LogP contribution in [0.15, 0.2) is 18.2 Å². The minimum absolute atomic E-state index is 0.00926. The zero-order valence-electron chi connectivity index (χ0n) is 8.35. The van der Waals surface area contributed by atoms with Crippen LogP contribution in [0.2, 0.25) is 10.0 Å². The third-order valence-electron chi connectivity index (χ3n) is 2.02. The molecule has 0 amide bonds. The molecule has 0 atom stereocenters. The zero-order valence-corrected chi connectivity index (χ0v) is 9.87. The molecule has 0 unspecified atom stereocenters. The van der Waals surface area contributed by atoms with Gasteiger partial charge in [0.1, 0.15) is 0 Å². The zero-order chi connectivity index (χ0) is 12.6. The Balaban J connectivity index is 2.76. The van der Waals surface area contributed by atoms with Gasteiger partial charge < -0.3 is 10.9 Å². The van der Waals surface area contributed by atoms with Crippen LogP contribution in [0.5, 0.6) is 0 Å². The predicted octanol–water partition coefficient (Wildman–Crippen LogP) is 1.55. The monoisotopic (exact) mass is 271 g/mol. The van der Waals surface area contributed by atoms with Crippen molar-refractivity contribution in [1.82, 2.24) is 14.7 Å². The lowest BCUT2D eigenvalue weighted by Gasteiger charge is -2.09. The summed E-state index contributed by atoms with van der Waals surface area (Å²) in [6.45, 7) is 0. The highest BCUT2D eigenvalue weighted by Crippen LogP contribution is 2.28. The van der Waals surface area contributed by atoms with E-state index in [2.05, 4.69) is 9.97 Å². The van der Waals surface area contributed by atoms with Crippen molar-refractivity contribution in [3.05, 3.63) is 33.9 Å². The molecule has 2 aromatic rings. The number of benzene rings is 1. The molecule has 0 aliphatic rings. The van der Waals surface area contributed by atoms with E-state index in [9.17, 15) is 5.21 Å². The molecule has 17 heavy (non-hydrogen) atoms. The van der Waals surface area contributed by atoms with Gasteiger partial charge in [-0.3, -0.25) is 5.41 Å². The van der Waals surface area contributed by atoms with Crippen LogP contribution in [-0.2, 0) is 0 Å². The quantitative estimate of drug-likeness (QED) is 0.685. The second-order valence-corrected chi connectivity index (χ2v) is 4.01. The van der Waals surface area contributed by atoms with Gasteiger partial charge in [0, 0.05) is 10.6 Å². The largest absolute Gasteiger partial charge is 0.423 e. The van der Waals surface area contributed by atoms with Gasteiger partial charge in [0.15, 0.2) is 5.82 Å². The number of halogens is 2. The molecule has 0 saturated carbocycles. The lowest BCUT2D eigenvalue weighted by molar-refractivity contribution is 0.188. The van der Waals surface area contributed by atoms with Gasteiger partial charge in [0.2, 0.25) is 11.6 Å². The van der Waals surface area contributed by atoms with Crippen molar-refractivity contribution in [3.63, 3.8) is 0 Å². The molecular formula is C9H7Cl2N5O. The fourth-order valence-corrected chi connectivity index (χ4v) is 1.65. The molecule has 88 valence electrons. The van der Waals surface area contributed by atoms with Crippen molar-refractivity contribution < 1.29 is 5.21 Å². The molecule has 0 spiro atoms. The summed E-state index contributed by atoms with van der Waals surface area (Å²) >= 11 is 11.8. The van der Waals surface area contributed by atoms with Crippen LogP contribution in [0.1, 0.15) is 0 Å². The van der Waals surface area contributed by atoms with Crippen molar-refractivity contribution in [2.45, 2.75) is 0 Å². The second kappa shape index (κ2) is 4.23. The fraction of sp³-hybridized carbons (Fsp3) is 0. The van der Waals surface area contributed by atoms with Crippen LogP contribution in [-0.4, -0.2) is 19.9 Å². The van der Waals surface area contributed by atoms with E-state index < -0.39 is 0 Å². The predicted molar refractivity (Wildman–Crippen MR) is 62.9 cm³/mol. The normalized spacial score (nSPS) is 10.5. The summed E-state index contributed by atoms with van der Waals surface area (Å²) in [5.41, 5.74) is 5.46. The van der Waals surface area contributed by atoms with E-state index in [-0.39, 0.29) is 17.4 Å². The molecule has 1 aromatic heterocycles. The van der Waals surface area contributed by atoms with Crippen LogP contribution in [0.3, 0.4) is 0 Å². The average Bonchev–Trinajstić information content (AvgIpc) is 2.27. The maximum Gasteiger partial charge on any atom is 0.247 e. The summed E-state index contributed by atoms with van der Waals surface area (Å²) in [5, 5.41) is 17.8. The van der Waals surface area contributed by atoms with Crippen LogP contribution in [0, 0.1) is 5.41 Å². The average molecular weight is 272 g/mol. The van der Waals surface area contributed by atoms with Gasteiger partial charge in [-0.25, -0.2) is 0 Å². The van der Waals surface area contributed by atoms with Crippen LogP contribution in [0.4, 0.5) is 5.95 Å². The first-order chi connectivity index (χ1) is 7.99. The number of hydrogen-bond acceptors (Lipinski definition) is 5. The SMILES string of the molecule is N=c1nc(N)n(O)c(-c2cc(Cl)ccc2Cl)n1. The number of hydrogen-bond donors (Lipinski definition) is 3. The highest BCUT2D eigenvalue weighted by molar-refractivity contribution is 6.35. The van der Waals surface area contributed by atoms with E-state index in [1.54, 1.807) is 12.1 Å². The summed E-state index contributed by atoms with van der Waals surface area (Å²) < 4.78 is 0.551. The summed E-state index contributed by atoms with van der Waals surface area (Å²) in [4.78, 5) is 7.23. The third kappa shape index (κ3) is 2.17. The minimum Gasteiger partial charge on any atom is -0.423 e. The van der Waals surface area contributed by atoms with Gasteiger partial charge >= 0.3 is 0 Å². The summed E-state index contributed by atoms with van der Waals surface area (Å²) in [6, 6.07) is 4.67. The molecule has 0 saturated heterocycles. The standard InChI is InChI=1S/C9H7Cl2N5O/c10-4-1-2-6(11)5(3-4)7-14-8(12)15-9(13)16(7)17/h1-3,17H,(H3,12,13,15). The van der Waals surface area contributed by atoms with Gasteiger partial charge in [0.05, 0.1) is 5.02 Å². The third-order valence-corrected chi connectivity index (χ3v) is 2.58. The van der Waals surface area contributed by atoms with Gasteiger partial charge in [-0.15, -0.1) is 4.73 Å². The van der Waals surface area contributed by atoms with Crippen molar-refractivity contribution in [3.8, 4) is 11.4 Å². The molecule has 0 aliphatic heterocycles. The van der Waals surface area contributed by atoms with Crippen LogP contribution in [0.25, 0.3) is 11.4 Å². The highest BCUT2D eigenvalue weighted by Gasteiger charge is 2.12. The van der Waals surface area contributed by atoms with Crippen molar-refractivity contribution >= 4 is 29.2 Å². The number of anilines is 1. The molecule has 0 radical (unpaired) electrons. The Kier molecular flexibility index (Phi) is 2.91. The Labute approximate surface area is 106 Å². The van der Waals surface area contributed by atoms with E-state index in [4.69, 9.17) is 34.3 Å². The molecular weight excluding hydrogens is 265 g/mol. The molecule has 2 rings (SSSR count). The molecule has 1 aromatic carbocycles. The maximum atomic E-state index is 9.67. The van der Waals surface area contributed by atoms with Gasteiger partial charge in [-0.05, 0) is 18.2 Å². The van der Waals surface area contributed by atoms with Gasteiger partial charge in [-0.1, -0.05) is 23.2 Å². The Hall–Kier alpha value is -1.79. The molecule has 0 aliphatic carbocycles. The lowest BCUT2D eigenvalue weighted by Crippen LogP contribution is -2.21. The van der Waals surface area contributed by atoms with Crippen LogP contribution >= 0.6 is 23.2 Å². The minimum atomic E-state index is -0.321. The number of rotatable bonds is 1. The van der Waals surface area contributed by atoms with E-state index in [0.717, 1.165) is 0 Å². The topological polar surface area (TPSA) is 101 Å². The van der Waals surface area contributed by atoms with E-state index in [1.165, 1.54) is 6.07 Å². The van der Waals surface area contributed by atoms with Crippen molar-refractivity contribution in [2.24, 2.45) is 0 Å². The molecule has 0 bridgehead atoms. The Morgan fingerprint density at radius 1 is 1.29 bits per heavy atom. The molecule has 0 fully saturated rings. The lowest BCUT2D eigenvalue weighted by atomic mass is 10.2. The maximum absolute atomic E-state index is 9.67. The summed E-state index contributed by atoms with van der Waals surface area (Å²) in [7, 11) is 0. The van der Waals surface area contributed by atoms with E-state index in [0.29, 0.717) is 20.3 Å². The van der Waals surface area contributed by atoms with Crippen LogP contribution < -0.4 is 11.4 Å². The van der Waals surface area contributed by atoms with E-state index >= 15 is 0 Å². The number of nitrogens with zero attached hydrogens (tertiary/aromatic N) is 3. The Morgan fingerprint density at radius 3 is 2.71 bits per heavy atom. The smallest absolute Gasteiger partial charge is 0.247 e. The summed E-state index contributed by atoms with van der Waals surface area (Å²) in [6.07, 6.45) is 0. The van der Waals surface area contributed by atoms with E-state index in [1.807, 2.05) is 0 Å². The first-order valence-corrected chi connectivity index (χ1v) is 5.20. The first-order valence-electron chi connectivity index (χ1n) is 4.45. The second-order valence-electron chi connectivity index (χ2n) is 3.16. The number of nitrogen functional groups attached to an aromatic ring is 1. The Morgan fingerprint density at radius 2 is 2.00 bits per heavy atom. The summed E-state index contributed by atoms with van der Waals surface area (Å²) in [5.74, 6) is -0.244. The number of nitrogens with two attached hydrogens (primary N) is 1. The number of aromatic nitrogens is 3. The van der Waals surface area contributed by atoms with Gasteiger partial charge in [0.25, 0.3) is 0 Å². The Bertz CT molecular complexity index is 640. The fourth-order valence-electron chi connectivity index (χ4n) is 1.28. The molecule has 6 nitrogen and oxygen atoms in total. The molecule has 4 N–H and O–H groups in total. The highest BCUT2D eigenvalue weighted by atomic mass is 35.5.